The van der Waals surface area contributed by atoms with Crippen LogP contribution in [-0.2, 0) is 6.54 Å². The monoisotopic (exact) mass is 280 g/mol. The predicted molar refractivity (Wildman–Crippen MR) is 75.7 cm³/mol. The lowest BCUT2D eigenvalue weighted by atomic mass is 9.74. The molecule has 6 nitrogen and oxygen atoms in total. The summed E-state index contributed by atoms with van der Waals surface area (Å²) in [4.78, 5) is 13.2. The van der Waals surface area contributed by atoms with Gasteiger partial charge in [0.15, 0.2) is 5.69 Å². The van der Waals surface area contributed by atoms with Crippen molar-refractivity contribution in [2.24, 2.45) is 5.41 Å². The van der Waals surface area contributed by atoms with Crippen molar-refractivity contribution in [3.05, 3.63) is 11.9 Å². The van der Waals surface area contributed by atoms with Gasteiger partial charge in [0.2, 0.25) is 0 Å². The van der Waals surface area contributed by atoms with Gasteiger partial charge in [0.05, 0.1) is 12.7 Å². The van der Waals surface area contributed by atoms with Gasteiger partial charge in [-0.3, -0.25) is 4.68 Å². The molecule has 0 aliphatic carbocycles. The van der Waals surface area contributed by atoms with Crippen molar-refractivity contribution in [1.82, 2.24) is 19.9 Å². The Balaban J connectivity index is 1.79. The molecule has 0 aromatic carbocycles. The number of nitrogens with zero attached hydrogens (tertiary/aromatic N) is 4. The molecular weight excluding hydrogens is 256 g/mol. The van der Waals surface area contributed by atoms with Crippen LogP contribution in [0.3, 0.4) is 0 Å². The molecule has 1 fully saturated rings. The first kappa shape index (κ1) is 15.0. The van der Waals surface area contributed by atoms with Crippen LogP contribution in [0.1, 0.15) is 50.0 Å². The van der Waals surface area contributed by atoms with E-state index in [1.807, 2.05) is 0 Å². The van der Waals surface area contributed by atoms with Crippen molar-refractivity contribution < 1.29 is 9.90 Å². The average molecular weight is 280 g/mol. The van der Waals surface area contributed by atoms with E-state index in [0.717, 1.165) is 19.6 Å². The normalized spacial score (nSPS) is 19.1. The first-order valence-electron chi connectivity index (χ1n) is 7.44. The maximum atomic E-state index is 10.7. The highest BCUT2D eigenvalue weighted by atomic mass is 16.4. The van der Waals surface area contributed by atoms with Crippen LogP contribution in [0.5, 0.6) is 0 Å². The fraction of sp³-hybridized carbons (Fsp3) is 0.786. The highest BCUT2D eigenvalue weighted by molar-refractivity contribution is 5.84. The van der Waals surface area contributed by atoms with E-state index < -0.39 is 5.97 Å². The van der Waals surface area contributed by atoms with E-state index in [0.29, 0.717) is 12.0 Å². The van der Waals surface area contributed by atoms with E-state index in [4.69, 9.17) is 5.11 Å². The van der Waals surface area contributed by atoms with Gasteiger partial charge in [-0.1, -0.05) is 31.9 Å². The van der Waals surface area contributed by atoms with Crippen LogP contribution in [-0.4, -0.2) is 50.6 Å². The molecule has 0 unspecified atom stereocenters. The summed E-state index contributed by atoms with van der Waals surface area (Å²) >= 11 is 0. The molecule has 0 bridgehead atoms. The lowest BCUT2D eigenvalue weighted by Crippen LogP contribution is -2.40. The summed E-state index contributed by atoms with van der Waals surface area (Å²) in [6, 6.07) is 0. The standard InChI is InChI=1S/C14H24N4O2/c1-3-14(4-2)5-7-17(8-6-14)9-10-18-11-12(13(19)20)15-16-18/h11H,3-10H2,1-2H3,(H,19,20). The Morgan fingerprint density at radius 3 is 2.45 bits per heavy atom. The van der Waals surface area contributed by atoms with Gasteiger partial charge in [0.25, 0.3) is 0 Å². The summed E-state index contributed by atoms with van der Waals surface area (Å²) < 4.78 is 1.62. The van der Waals surface area contributed by atoms with Crippen molar-refractivity contribution in [3.8, 4) is 0 Å². The lowest BCUT2D eigenvalue weighted by molar-refractivity contribution is 0.0690. The molecule has 1 aromatic heterocycles. The average Bonchev–Trinajstić information content (AvgIpc) is 2.95. The molecule has 0 atom stereocenters. The second-order valence-corrected chi connectivity index (χ2v) is 5.72. The number of rotatable bonds is 6. The maximum absolute atomic E-state index is 10.7. The number of hydrogen-bond acceptors (Lipinski definition) is 4. The molecule has 1 aliphatic heterocycles. The molecule has 1 aromatic rings. The van der Waals surface area contributed by atoms with Gasteiger partial charge in [0.1, 0.15) is 0 Å². The first-order chi connectivity index (χ1) is 9.58. The van der Waals surface area contributed by atoms with Crippen LogP contribution < -0.4 is 0 Å². The molecule has 2 heterocycles. The number of piperidine rings is 1. The minimum atomic E-state index is -1.02. The van der Waals surface area contributed by atoms with Crippen molar-refractivity contribution in [2.75, 3.05) is 19.6 Å². The van der Waals surface area contributed by atoms with Crippen LogP contribution in [0.4, 0.5) is 0 Å². The van der Waals surface area contributed by atoms with Crippen LogP contribution in [0.15, 0.2) is 6.20 Å². The maximum Gasteiger partial charge on any atom is 0.358 e. The Hall–Kier alpha value is -1.43. The summed E-state index contributed by atoms with van der Waals surface area (Å²) in [7, 11) is 0. The third-order valence-electron chi connectivity index (χ3n) is 4.82. The topological polar surface area (TPSA) is 71.2 Å². The molecule has 0 spiro atoms. The van der Waals surface area contributed by atoms with Gasteiger partial charge in [-0.05, 0) is 31.3 Å². The zero-order chi connectivity index (χ0) is 14.6. The summed E-state index contributed by atoms with van der Waals surface area (Å²) in [5.41, 5.74) is 0.555. The number of hydrogen-bond donors (Lipinski definition) is 1. The predicted octanol–water partition coefficient (Wildman–Crippen LogP) is 1.88. The van der Waals surface area contributed by atoms with Crippen LogP contribution in [0.25, 0.3) is 0 Å². The Labute approximate surface area is 119 Å². The lowest BCUT2D eigenvalue weighted by Gasteiger charge is -2.41. The second kappa shape index (κ2) is 6.35. The van der Waals surface area contributed by atoms with Gasteiger partial charge in [0, 0.05) is 6.54 Å². The van der Waals surface area contributed by atoms with E-state index in [1.54, 1.807) is 4.68 Å². The molecule has 1 N–H and O–H groups in total. The quantitative estimate of drug-likeness (QED) is 0.861. The van der Waals surface area contributed by atoms with E-state index in [9.17, 15) is 4.79 Å². The minimum absolute atomic E-state index is 0.0135. The number of carboxylic acid groups (broad SMARTS) is 1. The zero-order valence-electron chi connectivity index (χ0n) is 12.4. The molecule has 2 rings (SSSR count). The van der Waals surface area contributed by atoms with E-state index in [-0.39, 0.29) is 5.69 Å². The molecular formula is C14H24N4O2. The Morgan fingerprint density at radius 1 is 1.30 bits per heavy atom. The molecule has 1 saturated heterocycles. The van der Waals surface area contributed by atoms with Crippen LogP contribution in [0.2, 0.25) is 0 Å². The summed E-state index contributed by atoms with van der Waals surface area (Å²) in [6.45, 7) is 8.45. The Kier molecular flexibility index (Phi) is 4.75. The minimum Gasteiger partial charge on any atom is -0.476 e. The van der Waals surface area contributed by atoms with Crippen LogP contribution in [0, 0.1) is 5.41 Å². The number of aromatic nitrogens is 3. The number of aromatic carboxylic acids is 1. The summed E-state index contributed by atoms with van der Waals surface area (Å²) in [6.07, 6.45) is 6.55. The summed E-state index contributed by atoms with van der Waals surface area (Å²) in [5.74, 6) is -1.02. The van der Waals surface area contributed by atoms with E-state index in [1.165, 1.54) is 31.9 Å². The first-order valence-corrected chi connectivity index (χ1v) is 7.44. The molecule has 20 heavy (non-hydrogen) atoms. The molecule has 112 valence electrons. The smallest absolute Gasteiger partial charge is 0.358 e. The van der Waals surface area contributed by atoms with E-state index >= 15 is 0 Å². The fourth-order valence-electron chi connectivity index (χ4n) is 2.96. The van der Waals surface area contributed by atoms with Crippen LogP contribution >= 0.6 is 0 Å². The Bertz CT molecular complexity index is 444. The molecule has 6 heteroatoms. The molecule has 0 saturated carbocycles. The third kappa shape index (κ3) is 3.36. The highest BCUT2D eigenvalue weighted by Gasteiger charge is 2.30. The fourth-order valence-corrected chi connectivity index (χ4v) is 2.96. The largest absolute Gasteiger partial charge is 0.476 e. The second-order valence-electron chi connectivity index (χ2n) is 5.72. The SMILES string of the molecule is CCC1(CC)CCN(CCn2cc(C(=O)O)nn2)CC1. The number of likely N-dealkylation sites (tertiary alicyclic amines) is 1. The van der Waals surface area contributed by atoms with Gasteiger partial charge >= 0.3 is 5.97 Å². The zero-order valence-corrected chi connectivity index (χ0v) is 12.4. The van der Waals surface area contributed by atoms with Crippen molar-refractivity contribution in [1.29, 1.82) is 0 Å². The highest BCUT2D eigenvalue weighted by Crippen LogP contribution is 2.37. The van der Waals surface area contributed by atoms with Gasteiger partial charge in [-0.15, -0.1) is 5.10 Å². The number of carbonyl (C=O) groups is 1. The van der Waals surface area contributed by atoms with Gasteiger partial charge in [-0.2, -0.15) is 0 Å². The molecule has 0 radical (unpaired) electrons. The Morgan fingerprint density at radius 2 is 1.95 bits per heavy atom. The van der Waals surface area contributed by atoms with Gasteiger partial charge in [-0.25, -0.2) is 4.79 Å². The van der Waals surface area contributed by atoms with E-state index in [2.05, 4.69) is 29.1 Å². The third-order valence-corrected chi connectivity index (χ3v) is 4.82. The molecule has 1 aliphatic rings. The number of carboxylic acids is 1. The van der Waals surface area contributed by atoms with Crippen molar-refractivity contribution in [3.63, 3.8) is 0 Å². The summed E-state index contributed by atoms with van der Waals surface area (Å²) in [5, 5.41) is 16.3. The van der Waals surface area contributed by atoms with Crippen molar-refractivity contribution in [2.45, 2.75) is 46.1 Å². The van der Waals surface area contributed by atoms with Gasteiger partial charge < -0.3 is 10.0 Å². The van der Waals surface area contributed by atoms with Crippen molar-refractivity contribution >= 4 is 5.97 Å². The molecule has 0 amide bonds.